The Kier molecular flexibility index (Phi) is 6.02. The smallest absolute Gasteiger partial charge is 0.313 e. The van der Waals surface area contributed by atoms with Crippen molar-refractivity contribution < 1.29 is 13.2 Å². The Bertz CT molecular complexity index is 365. The molecule has 0 aliphatic rings. The Morgan fingerprint density at radius 3 is 2.50 bits per heavy atom. The fourth-order valence-corrected chi connectivity index (χ4v) is 2.58. The van der Waals surface area contributed by atoms with E-state index >= 15 is 0 Å². The largest absolute Gasteiger partial charge is 0.389 e. The molecule has 0 saturated heterocycles. The molecule has 1 aromatic carbocycles. The van der Waals surface area contributed by atoms with Crippen LogP contribution < -0.4 is 5.32 Å². The lowest BCUT2D eigenvalue weighted by molar-refractivity contribution is -0.135. The summed E-state index contributed by atoms with van der Waals surface area (Å²) in [5.74, 6) is 0. The molecule has 5 heteroatoms. The number of hydrogen-bond donors (Lipinski definition) is 1. The van der Waals surface area contributed by atoms with E-state index in [4.69, 9.17) is 0 Å². The number of thioether (sulfide) groups is 1. The predicted molar refractivity (Wildman–Crippen MR) is 69.9 cm³/mol. The van der Waals surface area contributed by atoms with E-state index < -0.39 is 12.6 Å². The van der Waals surface area contributed by atoms with Gasteiger partial charge in [0.05, 0.1) is 0 Å². The van der Waals surface area contributed by atoms with Crippen molar-refractivity contribution in [1.82, 2.24) is 5.32 Å². The standard InChI is InChI=1S/C13H18F3NS/c1-17-11(7-5-9-13(14,15)16)10-6-3-4-8-12(10)18-2/h3-4,6,8,11,17H,5,7,9H2,1-2H3. The van der Waals surface area contributed by atoms with Crippen LogP contribution in [-0.4, -0.2) is 19.5 Å². The molecule has 0 radical (unpaired) electrons. The molecule has 18 heavy (non-hydrogen) atoms. The summed E-state index contributed by atoms with van der Waals surface area (Å²) >= 11 is 1.62. The maximum atomic E-state index is 12.1. The highest BCUT2D eigenvalue weighted by molar-refractivity contribution is 7.98. The van der Waals surface area contributed by atoms with Gasteiger partial charge >= 0.3 is 6.18 Å². The average Bonchev–Trinajstić information content (AvgIpc) is 2.33. The van der Waals surface area contributed by atoms with Crippen LogP contribution in [0.15, 0.2) is 29.2 Å². The van der Waals surface area contributed by atoms with E-state index in [1.54, 1.807) is 18.8 Å². The third-order valence-corrected chi connectivity index (χ3v) is 3.63. The molecule has 0 heterocycles. The van der Waals surface area contributed by atoms with Crippen molar-refractivity contribution in [3.63, 3.8) is 0 Å². The SMILES string of the molecule is CNC(CCCC(F)(F)F)c1ccccc1SC. The van der Waals surface area contributed by atoms with Gasteiger partial charge in [-0.1, -0.05) is 18.2 Å². The highest BCUT2D eigenvalue weighted by atomic mass is 32.2. The Hall–Kier alpha value is -0.680. The number of hydrogen-bond acceptors (Lipinski definition) is 2. The normalized spacial score (nSPS) is 13.6. The number of rotatable bonds is 6. The van der Waals surface area contributed by atoms with Gasteiger partial charge in [0, 0.05) is 17.4 Å². The lowest BCUT2D eigenvalue weighted by Gasteiger charge is -2.19. The van der Waals surface area contributed by atoms with Crippen molar-refractivity contribution in [2.75, 3.05) is 13.3 Å². The van der Waals surface area contributed by atoms with Crippen LogP contribution in [-0.2, 0) is 0 Å². The average molecular weight is 277 g/mol. The Morgan fingerprint density at radius 1 is 1.28 bits per heavy atom. The van der Waals surface area contributed by atoms with Crippen molar-refractivity contribution >= 4 is 11.8 Å². The molecule has 0 aliphatic heterocycles. The van der Waals surface area contributed by atoms with Crippen molar-refractivity contribution in [2.45, 2.75) is 36.4 Å². The molecule has 0 fully saturated rings. The van der Waals surface area contributed by atoms with Gasteiger partial charge in [-0.05, 0) is 37.8 Å². The monoisotopic (exact) mass is 277 g/mol. The molecular weight excluding hydrogens is 259 g/mol. The fourth-order valence-electron chi connectivity index (χ4n) is 1.92. The number of alkyl halides is 3. The summed E-state index contributed by atoms with van der Waals surface area (Å²) in [6.07, 6.45) is -2.16. The summed E-state index contributed by atoms with van der Waals surface area (Å²) < 4.78 is 36.4. The van der Waals surface area contributed by atoms with Crippen LogP contribution in [0.3, 0.4) is 0 Å². The first-order chi connectivity index (χ1) is 8.48. The van der Waals surface area contributed by atoms with Gasteiger partial charge in [-0.15, -0.1) is 11.8 Å². The topological polar surface area (TPSA) is 12.0 Å². The minimum Gasteiger partial charge on any atom is -0.313 e. The van der Waals surface area contributed by atoms with Gasteiger partial charge in [0.2, 0.25) is 0 Å². The van der Waals surface area contributed by atoms with Crippen molar-refractivity contribution in [3.8, 4) is 0 Å². The van der Waals surface area contributed by atoms with Gasteiger partial charge in [-0.2, -0.15) is 13.2 Å². The van der Waals surface area contributed by atoms with E-state index in [-0.39, 0.29) is 12.5 Å². The first kappa shape index (κ1) is 15.4. The third kappa shape index (κ3) is 4.90. The maximum absolute atomic E-state index is 12.1. The predicted octanol–water partition coefficient (Wildman–Crippen LogP) is 4.40. The van der Waals surface area contributed by atoms with E-state index in [0.29, 0.717) is 6.42 Å². The molecule has 1 N–H and O–H groups in total. The van der Waals surface area contributed by atoms with Crippen LogP contribution in [0.2, 0.25) is 0 Å². The zero-order valence-electron chi connectivity index (χ0n) is 10.6. The van der Waals surface area contributed by atoms with Crippen molar-refractivity contribution in [2.24, 2.45) is 0 Å². The molecule has 0 amide bonds. The minimum atomic E-state index is -4.06. The molecule has 0 saturated carbocycles. The summed E-state index contributed by atoms with van der Waals surface area (Å²) in [6.45, 7) is 0. The third-order valence-electron chi connectivity index (χ3n) is 2.82. The fraction of sp³-hybridized carbons (Fsp3) is 0.538. The molecule has 0 aromatic heterocycles. The Labute approximate surface area is 110 Å². The molecule has 0 bridgehead atoms. The number of halogens is 3. The van der Waals surface area contributed by atoms with Gasteiger partial charge < -0.3 is 5.32 Å². The van der Waals surface area contributed by atoms with Gasteiger partial charge in [0.15, 0.2) is 0 Å². The molecule has 1 unspecified atom stereocenters. The molecule has 1 nitrogen and oxygen atoms in total. The molecule has 0 aliphatic carbocycles. The Morgan fingerprint density at radius 2 is 1.94 bits per heavy atom. The highest BCUT2D eigenvalue weighted by Crippen LogP contribution is 2.30. The second-order valence-electron chi connectivity index (χ2n) is 4.09. The van der Waals surface area contributed by atoms with E-state index in [2.05, 4.69) is 5.32 Å². The van der Waals surface area contributed by atoms with Crippen LogP contribution in [0.4, 0.5) is 13.2 Å². The second-order valence-corrected chi connectivity index (χ2v) is 4.94. The summed E-state index contributed by atoms with van der Waals surface area (Å²) in [5, 5.41) is 3.10. The van der Waals surface area contributed by atoms with Gasteiger partial charge in [0.25, 0.3) is 0 Å². The van der Waals surface area contributed by atoms with Crippen LogP contribution in [0.25, 0.3) is 0 Å². The first-order valence-electron chi connectivity index (χ1n) is 5.85. The van der Waals surface area contributed by atoms with Gasteiger partial charge in [-0.3, -0.25) is 0 Å². The van der Waals surface area contributed by atoms with Crippen LogP contribution in [0, 0.1) is 0 Å². The zero-order chi connectivity index (χ0) is 13.6. The van der Waals surface area contributed by atoms with Gasteiger partial charge in [-0.25, -0.2) is 0 Å². The summed E-state index contributed by atoms with van der Waals surface area (Å²) in [7, 11) is 1.79. The summed E-state index contributed by atoms with van der Waals surface area (Å²) in [5.41, 5.74) is 1.08. The zero-order valence-corrected chi connectivity index (χ0v) is 11.4. The lowest BCUT2D eigenvalue weighted by Crippen LogP contribution is -2.18. The van der Waals surface area contributed by atoms with Crippen LogP contribution in [0.1, 0.15) is 30.9 Å². The lowest BCUT2D eigenvalue weighted by atomic mass is 10.0. The second kappa shape index (κ2) is 7.04. The molecule has 1 atom stereocenters. The van der Waals surface area contributed by atoms with Gasteiger partial charge in [0.1, 0.15) is 0 Å². The molecule has 102 valence electrons. The van der Waals surface area contributed by atoms with E-state index in [1.807, 2.05) is 30.5 Å². The molecule has 1 rings (SSSR count). The molecule has 1 aromatic rings. The van der Waals surface area contributed by atoms with E-state index in [9.17, 15) is 13.2 Å². The van der Waals surface area contributed by atoms with E-state index in [0.717, 1.165) is 10.5 Å². The Balaban J connectivity index is 2.65. The maximum Gasteiger partial charge on any atom is 0.389 e. The highest BCUT2D eigenvalue weighted by Gasteiger charge is 2.27. The van der Waals surface area contributed by atoms with Crippen LogP contribution in [0.5, 0.6) is 0 Å². The molecular formula is C13H18F3NS. The quantitative estimate of drug-likeness (QED) is 0.773. The van der Waals surface area contributed by atoms with Crippen LogP contribution >= 0.6 is 11.8 Å². The molecule has 0 spiro atoms. The summed E-state index contributed by atoms with van der Waals surface area (Å²) in [6, 6.07) is 7.81. The summed E-state index contributed by atoms with van der Waals surface area (Å²) in [4.78, 5) is 1.11. The minimum absolute atomic E-state index is 0.0176. The van der Waals surface area contributed by atoms with Crippen molar-refractivity contribution in [1.29, 1.82) is 0 Å². The number of nitrogens with one attached hydrogen (secondary N) is 1. The number of benzene rings is 1. The first-order valence-corrected chi connectivity index (χ1v) is 7.07. The van der Waals surface area contributed by atoms with E-state index in [1.165, 1.54) is 0 Å². The van der Waals surface area contributed by atoms with Crippen molar-refractivity contribution in [3.05, 3.63) is 29.8 Å².